The van der Waals surface area contributed by atoms with Crippen molar-refractivity contribution in [2.24, 2.45) is 11.8 Å². The molecule has 226 valence electrons. The van der Waals surface area contributed by atoms with Crippen LogP contribution in [0.15, 0.2) is 66.8 Å². The highest BCUT2D eigenvalue weighted by atomic mass is 32.2. The highest BCUT2D eigenvalue weighted by Gasteiger charge is 2.74. The summed E-state index contributed by atoms with van der Waals surface area (Å²) in [6.45, 7) is 9.40. The fraction of sp³-hybridized carbons (Fsp3) is 0.441. The van der Waals surface area contributed by atoms with Crippen molar-refractivity contribution in [2.75, 3.05) is 42.6 Å². The van der Waals surface area contributed by atoms with E-state index in [0.717, 1.165) is 28.3 Å². The van der Waals surface area contributed by atoms with Crippen molar-refractivity contribution in [3.63, 3.8) is 0 Å². The van der Waals surface area contributed by atoms with Gasteiger partial charge in [0.2, 0.25) is 11.8 Å². The maximum atomic E-state index is 14.7. The van der Waals surface area contributed by atoms with Crippen molar-refractivity contribution >= 4 is 40.9 Å². The van der Waals surface area contributed by atoms with Gasteiger partial charge in [-0.2, -0.15) is 0 Å². The molecule has 4 aliphatic rings. The Balaban J connectivity index is 1.44. The molecule has 4 heterocycles. The van der Waals surface area contributed by atoms with Gasteiger partial charge in [0.15, 0.2) is 0 Å². The molecule has 1 N–H and O–H groups in total. The standard InChI is InChI=1S/C34H39N3O5S/c1-5-42-25-13-11-24(12-14-25)35-17-6-15-33(4)27(30(35)39)28-31(40)37(19-8-20-38)29-32(41)36(18-7-16-34(28,29)43-33)26-21-22(2)9-10-23(26)3/h6-7,9-16,21,27-29,38H,5,8,17-20H2,1-4H3/t27-,28-,29?,33+,34-/m0/s1. The van der Waals surface area contributed by atoms with Gasteiger partial charge in [0.1, 0.15) is 11.8 Å². The summed E-state index contributed by atoms with van der Waals surface area (Å²) in [6, 6.07) is 12.7. The average molecular weight is 602 g/mol. The zero-order valence-electron chi connectivity index (χ0n) is 25.2. The summed E-state index contributed by atoms with van der Waals surface area (Å²) in [5.41, 5.74) is 3.59. The summed E-state index contributed by atoms with van der Waals surface area (Å²) in [7, 11) is 0. The monoisotopic (exact) mass is 601 g/mol. The number of fused-ring (bicyclic) bond motifs is 2. The smallest absolute Gasteiger partial charge is 0.251 e. The third-order valence-electron chi connectivity index (χ3n) is 9.23. The van der Waals surface area contributed by atoms with Crippen molar-refractivity contribution in [3.8, 4) is 5.75 Å². The zero-order valence-corrected chi connectivity index (χ0v) is 26.0. The topological polar surface area (TPSA) is 90.4 Å². The molecule has 2 saturated heterocycles. The van der Waals surface area contributed by atoms with Crippen molar-refractivity contribution < 1.29 is 24.2 Å². The van der Waals surface area contributed by atoms with Gasteiger partial charge in [-0.15, -0.1) is 11.8 Å². The number of thioether (sulfide) groups is 1. The van der Waals surface area contributed by atoms with E-state index in [4.69, 9.17) is 4.74 Å². The molecule has 0 bridgehead atoms. The Hall–Kier alpha value is -3.56. The van der Waals surface area contributed by atoms with Crippen molar-refractivity contribution in [1.29, 1.82) is 0 Å². The molecule has 2 aromatic carbocycles. The molecule has 6 rings (SSSR count). The van der Waals surface area contributed by atoms with Crippen LogP contribution in [0.5, 0.6) is 5.75 Å². The van der Waals surface area contributed by atoms with E-state index in [0.29, 0.717) is 26.1 Å². The Labute approximate surface area is 257 Å². The minimum atomic E-state index is -0.933. The number of carbonyl (C=O) groups excluding carboxylic acids is 3. The molecular formula is C34H39N3O5S. The summed E-state index contributed by atoms with van der Waals surface area (Å²) in [5.74, 6) is -1.16. The Bertz CT molecular complexity index is 1510. The van der Waals surface area contributed by atoms with Crippen molar-refractivity contribution in [3.05, 3.63) is 77.9 Å². The molecule has 0 radical (unpaired) electrons. The molecule has 4 aliphatic heterocycles. The molecule has 0 aliphatic carbocycles. The SMILES string of the molecule is CCOc1ccc(N2CC=C[C@@]3(C)S[C@]45C=CCN(c6cc(C)ccc6C)C(=O)C4N(CCCO)C(=O)[C@@H]5[C@H]3C2=O)cc1. The lowest BCUT2D eigenvalue weighted by Gasteiger charge is -2.37. The van der Waals surface area contributed by atoms with Crippen LogP contribution < -0.4 is 14.5 Å². The number of amides is 3. The maximum absolute atomic E-state index is 14.7. The van der Waals surface area contributed by atoms with E-state index in [1.807, 2.05) is 88.4 Å². The second-order valence-corrected chi connectivity index (χ2v) is 13.8. The molecule has 43 heavy (non-hydrogen) atoms. The van der Waals surface area contributed by atoms with Crippen LogP contribution in [-0.2, 0) is 14.4 Å². The average Bonchev–Trinajstić information content (AvgIpc) is 3.25. The number of hydrogen-bond donors (Lipinski definition) is 1. The maximum Gasteiger partial charge on any atom is 0.251 e. The summed E-state index contributed by atoms with van der Waals surface area (Å²) in [6.07, 6.45) is 8.46. The minimum Gasteiger partial charge on any atom is -0.494 e. The van der Waals surface area contributed by atoms with Gasteiger partial charge >= 0.3 is 0 Å². The number of aliphatic hydroxyl groups excluding tert-OH is 1. The van der Waals surface area contributed by atoms with Crippen LogP contribution in [0.4, 0.5) is 11.4 Å². The first-order valence-corrected chi connectivity index (χ1v) is 15.9. The molecule has 2 fully saturated rings. The second kappa shape index (κ2) is 11.2. The fourth-order valence-electron chi connectivity index (χ4n) is 7.35. The number of aliphatic hydroxyl groups is 1. The number of carbonyl (C=O) groups is 3. The number of benzene rings is 2. The van der Waals surface area contributed by atoms with Crippen molar-refractivity contribution in [1.82, 2.24) is 4.90 Å². The van der Waals surface area contributed by atoms with E-state index in [1.165, 1.54) is 0 Å². The molecule has 1 spiro atoms. The Morgan fingerprint density at radius 3 is 2.37 bits per heavy atom. The minimum absolute atomic E-state index is 0.0969. The van der Waals surface area contributed by atoms with Gasteiger partial charge in [0.05, 0.1) is 23.2 Å². The Morgan fingerprint density at radius 1 is 0.930 bits per heavy atom. The molecule has 0 aromatic heterocycles. The molecule has 2 aromatic rings. The zero-order chi connectivity index (χ0) is 30.5. The first-order chi connectivity index (χ1) is 20.6. The highest BCUT2D eigenvalue weighted by Crippen LogP contribution is 2.65. The molecule has 3 amide bonds. The van der Waals surface area contributed by atoms with Crippen LogP contribution in [0, 0.1) is 25.7 Å². The highest BCUT2D eigenvalue weighted by molar-refractivity contribution is 8.02. The summed E-state index contributed by atoms with van der Waals surface area (Å²) < 4.78 is 3.97. The first-order valence-electron chi connectivity index (χ1n) is 15.0. The predicted molar refractivity (Wildman–Crippen MR) is 169 cm³/mol. The lowest BCUT2D eigenvalue weighted by molar-refractivity contribution is -0.139. The predicted octanol–water partition coefficient (Wildman–Crippen LogP) is 4.28. The fourth-order valence-corrected chi connectivity index (χ4v) is 9.51. The number of ether oxygens (including phenoxy) is 1. The number of likely N-dealkylation sites (tertiary alicyclic amines) is 1. The molecule has 0 saturated carbocycles. The lowest BCUT2D eigenvalue weighted by Crippen LogP contribution is -2.53. The van der Waals surface area contributed by atoms with Gasteiger partial charge < -0.3 is 24.5 Å². The molecular weight excluding hydrogens is 562 g/mol. The molecule has 5 atom stereocenters. The third-order valence-corrected chi connectivity index (χ3v) is 11.0. The van der Waals surface area contributed by atoms with Gasteiger partial charge in [0.25, 0.3) is 5.91 Å². The molecule has 8 nitrogen and oxygen atoms in total. The van der Waals surface area contributed by atoms with Gasteiger partial charge in [-0.25, -0.2) is 0 Å². The van der Waals surface area contributed by atoms with E-state index in [-0.39, 0.29) is 30.9 Å². The van der Waals surface area contributed by atoms with E-state index in [1.54, 1.807) is 26.5 Å². The van der Waals surface area contributed by atoms with Gasteiger partial charge in [-0.05, 0) is 75.6 Å². The lowest BCUT2D eigenvalue weighted by atomic mass is 9.74. The number of anilines is 2. The first kappa shape index (κ1) is 29.5. The van der Waals surface area contributed by atoms with Crippen LogP contribution in [-0.4, -0.2) is 76.1 Å². The van der Waals surface area contributed by atoms with E-state index in [2.05, 4.69) is 6.08 Å². The van der Waals surface area contributed by atoms with E-state index in [9.17, 15) is 19.5 Å². The largest absolute Gasteiger partial charge is 0.494 e. The van der Waals surface area contributed by atoms with Gasteiger partial charge in [0, 0.05) is 42.4 Å². The molecule has 9 heteroatoms. The summed E-state index contributed by atoms with van der Waals surface area (Å²) >= 11 is 1.57. The number of hydrogen-bond acceptors (Lipinski definition) is 6. The quantitative estimate of drug-likeness (QED) is 0.477. The van der Waals surface area contributed by atoms with E-state index < -0.39 is 27.4 Å². The van der Waals surface area contributed by atoms with Gasteiger partial charge in [-0.3, -0.25) is 14.4 Å². The van der Waals surface area contributed by atoms with Gasteiger partial charge in [-0.1, -0.05) is 36.4 Å². The van der Waals surface area contributed by atoms with Crippen LogP contribution in [0.3, 0.4) is 0 Å². The van der Waals surface area contributed by atoms with Crippen LogP contribution in [0.1, 0.15) is 31.4 Å². The Kier molecular flexibility index (Phi) is 7.67. The Morgan fingerprint density at radius 2 is 1.65 bits per heavy atom. The number of nitrogens with zero attached hydrogens (tertiary/aromatic N) is 3. The second-order valence-electron chi connectivity index (χ2n) is 12.0. The summed E-state index contributed by atoms with van der Waals surface area (Å²) in [4.78, 5) is 48.9. The van der Waals surface area contributed by atoms with Crippen LogP contribution >= 0.6 is 11.8 Å². The van der Waals surface area contributed by atoms with E-state index >= 15 is 0 Å². The number of aryl methyl sites for hydroxylation is 2. The van der Waals surface area contributed by atoms with Crippen LogP contribution in [0.25, 0.3) is 0 Å². The third kappa shape index (κ3) is 4.68. The summed E-state index contributed by atoms with van der Waals surface area (Å²) in [5, 5.41) is 9.72. The number of rotatable bonds is 7. The normalized spacial score (nSPS) is 29.8. The van der Waals surface area contributed by atoms with Crippen molar-refractivity contribution in [2.45, 2.75) is 49.7 Å². The van der Waals surface area contributed by atoms with Crippen LogP contribution in [0.2, 0.25) is 0 Å². The molecule has 1 unspecified atom stereocenters.